The van der Waals surface area contributed by atoms with Crippen molar-refractivity contribution in [2.45, 2.75) is 51.9 Å². The van der Waals surface area contributed by atoms with Crippen LogP contribution in [0.5, 0.6) is 0 Å². The van der Waals surface area contributed by atoms with Gasteiger partial charge >= 0.3 is 0 Å². The summed E-state index contributed by atoms with van der Waals surface area (Å²) in [4.78, 5) is 0. The Bertz CT molecular complexity index is 426. The molecule has 1 nitrogen and oxygen atoms in total. The van der Waals surface area contributed by atoms with Gasteiger partial charge < -0.3 is 4.43 Å². The summed E-state index contributed by atoms with van der Waals surface area (Å²) in [6.45, 7) is 13.1. The highest BCUT2D eigenvalue weighted by atomic mass is 79.9. The van der Waals surface area contributed by atoms with Gasteiger partial charge in [-0.3, -0.25) is 0 Å². The second-order valence-corrected chi connectivity index (χ2v) is 11.8. The first-order chi connectivity index (χ1) is 8.04. The van der Waals surface area contributed by atoms with E-state index in [1.807, 2.05) is 6.92 Å². The summed E-state index contributed by atoms with van der Waals surface area (Å²) in [7, 11) is -1.79. The first-order valence-corrected chi connectivity index (χ1v) is 9.87. The molecule has 0 spiro atoms. The largest absolute Gasteiger partial charge is 0.410 e. The summed E-state index contributed by atoms with van der Waals surface area (Å²) < 4.78 is 20.0. The van der Waals surface area contributed by atoms with Crippen molar-refractivity contribution in [2.24, 2.45) is 0 Å². The topological polar surface area (TPSA) is 9.23 Å². The van der Waals surface area contributed by atoms with E-state index in [9.17, 15) is 4.39 Å². The zero-order valence-corrected chi connectivity index (χ0v) is 14.6. The molecule has 1 aromatic carbocycles. The predicted molar refractivity (Wildman–Crippen MR) is 80.8 cm³/mol. The molecule has 102 valence electrons. The van der Waals surface area contributed by atoms with Gasteiger partial charge in [-0.15, -0.1) is 0 Å². The van der Waals surface area contributed by atoms with Gasteiger partial charge in [0.1, 0.15) is 5.82 Å². The standard InChI is InChI=1S/C14H22BrFOSi/c1-10(17-18(5,6)14(2,3)4)11-7-8-13(16)12(15)9-11/h7-10H,1-6H3. The first kappa shape index (κ1) is 15.9. The van der Waals surface area contributed by atoms with Crippen molar-refractivity contribution in [2.75, 3.05) is 0 Å². The fourth-order valence-electron chi connectivity index (χ4n) is 1.45. The zero-order valence-electron chi connectivity index (χ0n) is 12.0. The van der Waals surface area contributed by atoms with E-state index in [-0.39, 0.29) is 17.0 Å². The van der Waals surface area contributed by atoms with Gasteiger partial charge in [0.15, 0.2) is 8.32 Å². The number of rotatable bonds is 3. The van der Waals surface area contributed by atoms with Crippen molar-refractivity contribution in [1.29, 1.82) is 0 Å². The molecule has 0 saturated heterocycles. The van der Waals surface area contributed by atoms with Crippen LogP contribution in [-0.2, 0) is 4.43 Å². The summed E-state index contributed by atoms with van der Waals surface area (Å²) in [6, 6.07) is 5.07. The number of hydrogen-bond donors (Lipinski definition) is 0. The minimum atomic E-state index is -1.79. The molecule has 0 aliphatic rings. The van der Waals surface area contributed by atoms with E-state index in [0.29, 0.717) is 4.47 Å². The van der Waals surface area contributed by atoms with Gasteiger partial charge in [0.2, 0.25) is 0 Å². The van der Waals surface area contributed by atoms with Gasteiger partial charge in [-0.1, -0.05) is 26.8 Å². The molecule has 1 rings (SSSR count). The van der Waals surface area contributed by atoms with Gasteiger partial charge in [0.05, 0.1) is 10.6 Å². The smallest absolute Gasteiger partial charge is 0.192 e. The lowest BCUT2D eigenvalue weighted by molar-refractivity contribution is 0.203. The van der Waals surface area contributed by atoms with Gasteiger partial charge in [-0.05, 0) is 58.7 Å². The SMILES string of the molecule is CC(O[Si](C)(C)C(C)(C)C)c1ccc(F)c(Br)c1. The van der Waals surface area contributed by atoms with E-state index >= 15 is 0 Å². The molecule has 0 amide bonds. The lowest BCUT2D eigenvalue weighted by Gasteiger charge is -2.38. The van der Waals surface area contributed by atoms with Crippen molar-refractivity contribution in [3.05, 3.63) is 34.1 Å². The third-order valence-electron chi connectivity index (χ3n) is 3.69. The van der Waals surface area contributed by atoms with Crippen LogP contribution >= 0.6 is 15.9 Å². The zero-order chi connectivity index (χ0) is 14.1. The highest BCUT2D eigenvalue weighted by molar-refractivity contribution is 9.10. The van der Waals surface area contributed by atoms with Crippen LogP contribution in [0.3, 0.4) is 0 Å². The van der Waals surface area contributed by atoms with Gasteiger partial charge in [-0.25, -0.2) is 4.39 Å². The number of halogens is 2. The van der Waals surface area contributed by atoms with Crippen LogP contribution < -0.4 is 0 Å². The van der Waals surface area contributed by atoms with Crippen molar-refractivity contribution < 1.29 is 8.82 Å². The van der Waals surface area contributed by atoms with Crippen molar-refractivity contribution >= 4 is 24.2 Å². The van der Waals surface area contributed by atoms with Gasteiger partial charge in [-0.2, -0.15) is 0 Å². The van der Waals surface area contributed by atoms with Crippen molar-refractivity contribution in [3.63, 3.8) is 0 Å². The van der Waals surface area contributed by atoms with Crippen LogP contribution in [0.15, 0.2) is 22.7 Å². The maximum atomic E-state index is 13.2. The molecule has 0 bridgehead atoms. The summed E-state index contributed by atoms with van der Waals surface area (Å²) in [5.41, 5.74) is 1.01. The summed E-state index contributed by atoms with van der Waals surface area (Å²) >= 11 is 3.21. The Labute approximate surface area is 119 Å². The average molecular weight is 333 g/mol. The second kappa shape index (κ2) is 5.43. The normalized spacial score (nSPS) is 14.7. The Balaban J connectivity index is 2.89. The Hall–Kier alpha value is -0.193. The fourth-order valence-corrected chi connectivity index (χ4v) is 3.22. The minimum absolute atomic E-state index is 0.0113. The molecule has 0 N–H and O–H groups in total. The summed E-state index contributed by atoms with van der Waals surface area (Å²) in [5.74, 6) is -0.238. The Kier molecular flexibility index (Phi) is 4.79. The second-order valence-electron chi connectivity index (χ2n) is 6.19. The van der Waals surface area contributed by atoms with E-state index < -0.39 is 8.32 Å². The molecule has 0 radical (unpaired) electrons. The van der Waals surface area contributed by atoms with E-state index in [1.165, 1.54) is 6.07 Å². The maximum Gasteiger partial charge on any atom is 0.192 e. The van der Waals surface area contributed by atoms with Gasteiger partial charge in [0, 0.05) is 0 Å². The van der Waals surface area contributed by atoms with Crippen LogP contribution in [0, 0.1) is 5.82 Å². The van der Waals surface area contributed by atoms with Crippen LogP contribution in [0.1, 0.15) is 39.4 Å². The summed E-state index contributed by atoms with van der Waals surface area (Å²) in [5, 5.41) is 0.179. The minimum Gasteiger partial charge on any atom is -0.410 e. The third-order valence-corrected chi connectivity index (χ3v) is 8.85. The molecular weight excluding hydrogens is 311 g/mol. The monoisotopic (exact) mass is 332 g/mol. The van der Waals surface area contributed by atoms with E-state index in [1.54, 1.807) is 12.1 Å². The fraction of sp³-hybridized carbons (Fsp3) is 0.571. The van der Waals surface area contributed by atoms with Crippen LogP contribution in [-0.4, -0.2) is 8.32 Å². The molecule has 0 saturated carbocycles. The molecule has 1 atom stereocenters. The Morgan fingerprint density at radius 1 is 1.28 bits per heavy atom. The molecule has 0 aromatic heterocycles. The molecule has 4 heteroatoms. The summed E-state index contributed by atoms with van der Waals surface area (Å²) in [6.07, 6.45) is -0.0113. The number of hydrogen-bond acceptors (Lipinski definition) is 1. The molecule has 1 aromatic rings. The van der Waals surface area contributed by atoms with Gasteiger partial charge in [0.25, 0.3) is 0 Å². The Morgan fingerprint density at radius 3 is 2.28 bits per heavy atom. The first-order valence-electron chi connectivity index (χ1n) is 6.17. The molecule has 0 aliphatic carbocycles. The van der Waals surface area contributed by atoms with E-state index in [2.05, 4.69) is 49.8 Å². The average Bonchev–Trinajstić information content (AvgIpc) is 2.19. The third kappa shape index (κ3) is 3.65. The molecule has 18 heavy (non-hydrogen) atoms. The Morgan fingerprint density at radius 2 is 1.83 bits per heavy atom. The highest BCUT2D eigenvalue weighted by Gasteiger charge is 2.38. The maximum absolute atomic E-state index is 13.2. The molecule has 0 aliphatic heterocycles. The van der Waals surface area contributed by atoms with E-state index in [0.717, 1.165) is 5.56 Å². The molecule has 0 fully saturated rings. The lowest BCUT2D eigenvalue weighted by Crippen LogP contribution is -2.41. The predicted octanol–water partition coefficient (Wildman–Crippen LogP) is 5.67. The van der Waals surface area contributed by atoms with Crippen molar-refractivity contribution in [1.82, 2.24) is 0 Å². The molecule has 1 unspecified atom stereocenters. The van der Waals surface area contributed by atoms with Crippen LogP contribution in [0.4, 0.5) is 4.39 Å². The van der Waals surface area contributed by atoms with Crippen molar-refractivity contribution in [3.8, 4) is 0 Å². The van der Waals surface area contributed by atoms with E-state index in [4.69, 9.17) is 4.43 Å². The quantitative estimate of drug-likeness (QED) is 0.648. The lowest BCUT2D eigenvalue weighted by atomic mass is 10.1. The highest BCUT2D eigenvalue weighted by Crippen LogP contribution is 2.39. The molecule has 0 heterocycles. The number of benzene rings is 1. The van der Waals surface area contributed by atoms with Crippen LogP contribution in [0.2, 0.25) is 18.1 Å². The molecular formula is C14H22BrFOSi. The van der Waals surface area contributed by atoms with Crippen LogP contribution in [0.25, 0.3) is 0 Å².